The zero-order valence-electron chi connectivity index (χ0n) is 10.4. The van der Waals surface area contributed by atoms with Crippen LogP contribution in [0.25, 0.3) is 0 Å². The normalized spacial score (nSPS) is 12.3. The van der Waals surface area contributed by atoms with Crippen LogP contribution in [-0.4, -0.2) is 16.2 Å². The van der Waals surface area contributed by atoms with E-state index in [9.17, 15) is 0 Å². The molecule has 2 N–H and O–H groups in total. The van der Waals surface area contributed by atoms with Gasteiger partial charge in [0.05, 0.1) is 0 Å². The van der Waals surface area contributed by atoms with Gasteiger partial charge in [-0.15, -0.1) is 0 Å². The molecule has 5 nitrogen and oxygen atoms in total. The molecule has 1 heterocycles. The smallest absolute Gasteiger partial charge is 0.213 e. The van der Waals surface area contributed by atoms with Crippen molar-refractivity contribution in [2.45, 2.75) is 32.4 Å². The molecule has 2 rings (SSSR count). The van der Waals surface area contributed by atoms with Crippen molar-refractivity contribution in [2.75, 3.05) is 0 Å². The van der Waals surface area contributed by atoms with Crippen LogP contribution >= 0.6 is 0 Å². The largest absolute Gasteiger partial charge is 0.485 e. The van der Waals surface area contributed by atoms with Crippen LogP contribution in [0, 0.1) is 0 Å². The van der Waals surface area contributed by atoms with Crippen LogP contribution in [0.3, 0.4) is 0 Å². The number of benzene rings is 1. The first-order valence-corrected chi connectivity index (χ1v) is 6.00. The molecular formula is C13H17N3O2. The van der Waals surface area contributed by atoms with E-state index >= 15 is 0 Å². The molecule has 0 aliphatic heterocycles. The second kappa shape index (κ2) is 6.16. The van der Waals surface area contributed by atoms with Gasteiger partial charge >= 0.3 is 0 Å². The first kappa shape index (κ1) is 12.6. The van der Waals surface area contributed by atoms with Crippen LogP contribution in [0.15, 0.2) is 35.2 Å². The zero-order valence-corrected chi connectivity index (χ0v) is 10.4. The maximum absolute atomic E-state index is 5.91. The lowest BCUT2D eigenvalue weighted by Gasteiger charge is -2.09. The van der Waals surface area contributed by atoms with Crippen LogP contribution in [-0.2, 0) is 13.0 Å². The molecule has 0 amide bonds. The predicted octanol–water partition coefficient (Wildman–Crippen LogP) is 1.93. The van der Waals surface area contributed by atoms with E-state index in [1.165, 1.54) is 12.0 Å². The molecular weight excluding hydrogens is 230 g/mol. The average Bonchev–Trinajstić information content (AvgIpc) is 2.91. The van der Waals surface area contributed by atoms with Crippen LogP contribution < -0.4 is 10.5 Å². The lowest BCUT2D eigenvalue weighted by atomic mass is 10.0. The van der Waals surface area contributed by atoms with Gasteiger partial charge < -0.3 is 15.0 Å². The van der Waals surface area contributed by atoms with E-state index in [-0.39, 0.29) is 6.04 Å². The van der Waals surface area contributed by atoms with Gasteiger partial charge in [-0.3, -0.25) is 0 Å². The molecule has 1 unspecified atom stereocenters. The van der Waals surface area contributed by atoms with Crippen molar-refractivity contribution < 1.29 is 9.26 Å². The third-order valence-electron chi connectivity index (χ3n) is 2.72. The summed E-state index contributed by atoms with van der Waals surface area (Å²) in [6.45, 7) is 2.40. The summed E-state index contributed by atoms with van der Waals surface area (Å²) >= 11 is 0. The summed E-state index contributed by atoms with van der Waals surface area (Å²) in [6, 6.07) is 8.13. The molecule has 0 saturated carbocycles. The Morgan fingerprint density at radius 2 is 2.11 bits per heavy atom. The fourth-order valence-corrected chi connectivity index (χ4v) is 1.57. The van der Waals surface area contributed by atoms with Gasteiger partial charge in [0.25, 0.3) is 0 Å². The molecule has 1 aromatic heterocycles. The van der Waals surface area contributed by atoms with Gasteiger partial charge in [-0.25, -0.2) is 0 Å². The summed E-state index contributed by atoms with van der Waals surface area (Å²) < 4.78 is 10.1. The van der Waals surface area contributed by atoms with Gasteiger partial charge in [0, 0.05) is 6.04 Å². The lowest BCUT2D eigenvalue weighted by Crippen LogP contribution is -2.21. The van der Waals surface area contributed by atoms with Gasteiger partial charge in [0.1, 0.15) is 5.75 Å². The van der Waals surface area contributed by atoms with Crippen molar-refractivity contribution in [3.8, 4) is 5.75 Å². The van der Waals surface area contributed by atoms with Crippen LogP contribution in [0.5, 0.6) is 5.75 Å². The van der Waals surface area contributed by atoms with E-state index < -0.39 is 0 Å². The minimum atomic E-state index is 0.219. The van der Waals surface area contributed by atoms with Crippen molar-refractivity contribution in [1.82, 2.24) is 10.1 Å². The number of hydrogen-bond donors (Lipinski definition) is 1. The van der Waals surface area contributed by atoms with E-state index in [1.54, 1.807) is 0 Å². The Bertz CT molecular complexity index is 454. The SMILES string of the molecule is CCC(N)Cc1ccc(OCc2ncon2)cc1. The lowest BCUT2D eigenvalue weighted by molar-refractivity contribution is 0.286. The van der Waals surface area contributed by atoms with Crippen molar-refractivity contribution >= 4 is 0 Å². The highest BCUT2D eigenvalue weighted by Crippen LogP contribution is 2.14. The van der Waals surface area contributed by atoms with Crippen molar-refractivity contribution in [2.24, 2.45) is 5.73 Å². The van der Waals surface area contributed by atoms with Gasteiger partial charge in [-0.1, -0.05) is 24.2 Å². The molecule has 0 aliphatic carbocycles. The van der Waals surface area contributed by atoms with Gasteiger partial charge in [0.2, 0.25) is 12.2 Å². The third kappa shape index (κ3) is 3.56. The van der Waals surface area contributed by atoms with Crippen molar-refractivity contribution in [3.05, 3.63) is 42.0 Å². The fraction of sp³-hybridized carbons (Fsp3) is 0.385. The molecule has 0 spiro atoms. The van der Waals surface area contributed by atoms with Crippen LogP contribution in [0.4, 0.5) is 0 Å². The molecule has 0 saturated heterocycles. The zero-order chi connectivity index (χ0) is 12.8. The Hall–Kier alpha value is -1.88. The highest BCUT2D eigenvalue weighted by atomic mass is 16.5. The van der Waals surface area contributed by atoms with E-state index in [0.717, 1.165) is 18.6 Å². The van der Waals surface area contributed by atoms with Crippen molar-refractivity contribution in [3.63, 3.8) is 0 Å². The third-order valence-corrected chi connectivity index (χ3v) is 2.72. The number of aromatic nitrogens is 2. The highest BCUT2D eigenvalue weighted by Gasteiger charge is 2.03. The summed E-state index contributed by atoms with van der Waals surface area (Å²) in [4.78, 5) is 3.88. The number of nitrogens with zero attached hydrogens (tertiary/aromatic N) is 2. The minimum absolute atomic E-state index is 0.219. The van der Waals surface area contributed by atoms with E-state index in [1.807, 2.05) is 24.3 Å². The number of nitrogens with two attached hydrogens (primary N) is 1. The standard InChI is InChI=1S/C13H17N3O2/c1-2-11(14)7-10-3-5-12(6-4-10)17-8-13-15-9-18-16-13/h3-6,9,11H,2,7-8,14H2,1H3. The van der Waals surface area contributed by atoms with E-state index in [4.69, 9.17) is 10.5 Å². The van der Waals surface area contributed by atoms with Crippen molar-refractivity contribution in [1.29, 1.82) is 0 Å². The Morgan fingerprint density at radius 3 is 2.72 bits per heavy atom. The summed E-state index contributed by atoms with van der Waals surface area (Å²) in [7, 11) is 0. The second-order valence-corrected chi connectivity index (χ2v) is 4.15. The first-order valence-electron chi connectivity index (χ1n) is 6.00. The minimum Gasteiger partial charge on any atom is -0.485 e. The highest BCUT2D eigenvalue weighted by molar-refractivity contribution is 5.27. The maximum atomic E-state index is 5.91. The Kier molecular flexibility index (Phi) is 4.30. The summed E-state index contributed by atoms with van der Waals surface area (Å²) in [5.41, 5.74) is 7.13. The number of rotatable bonds is 6. The van der Waals surface area contributed by atoms with E-state index in [2.05, 4.69) is 21.6 Å². The molecule has 18 heavy (non-hydrogen) atoms. The topological polar surface area (TPSA) is 74.2 Å². The maximum Gasteiger partial charge on any atom is 0.213 e. The summed E-state index contributed by atoms with van der Waals surface area (Å²) in [5.74, 6) is 1.32. The molecule has 0 aliphatic rings. The molecule has 96 valence electrons. The Morgan fingerprint density at radius 1 is 1.33 bits per heavy atom. The Balaban J connectivity index is 1.87. The first-order chi connectivity index (χ1) is 8.78. The molecule has 1 aromatic carbocycles. The molecule has 5 heteroatoms. The summed E-state index contributed by atoms with van der Waals surface area (Å²) in [6.07, 6.45) is 3.16. The molecule has 2 aromatic rings. The fourth-order valence-electron chi connectivity index (χ4n) is 1.57. The van der Waals surface area contributed by atoms with Crippen LogP contribution in [0.2, 0.25) is 0 Å². The molecule has 0 fully saturated rings. The summed E-state index contributed by atoms with van der Waals surface area (Å²) in [5, 5.41) is 3.67. The van der Waals surface area contributed by atoms with Gasteiger partial charge in [0.15, 0.2) is 6.61 Å². The number of ether oxygens (including phenoxy) is 1. The van der Waals surface area contributed by atoms with Crippen LogP contribution in [0.1, 0.15) is 24.7 Å². The molecule has 0 bridgehead atoms. The monoisotopic (exact) mass is 247 g/mol. The predicted molar refractivity (Wildman–Crippen MR) is 67.0 cm³/mol. The second-order valence-electron chi connectivity index (χ2n) is 4.15. The number of hydrogen-bond acceptors (Lipinski definition) is 5. The van der Waals surface area contributed by atoms with E-state index in [0.29, 0.717) is 12.4 Å². The Labute approximate surface area is 106 Å². The average molecular weight is 247 g/mol. The van der Waals surface area contributed by atoms with Gasteiger partial charge in [-0.2, -0.15) is 4.98 Å². The quantitative estimate of drug-likeness (QED) is 0.844. The molecule has 0 radical (unpaired) electrons. The van der Waals surface area contributed by atoms with Gasteiger partial charge in [-0.05, 0) is 30.5 Å². The molecule has 1 atom stereocenters.